The number of carbonyl (C=O) groups excluding carboxylic acids is 3. The van der Waals surface area contributed by atoms with E-state index >= 15 is 0 Å². The highest BCUT2D eigenvalue weighted by molar-refractivity contribution is 6.39. The third kappa shape index (κ3) is 6.73. The lowest BCUT2D eigenvalue weighted by Crippen LogP contribution is -2.32. The third-order valence-electron chi connectivity index (χ3n) is 4.69. The van der Waals surface area contributed by atoms with Gasteiger partial charge in [0.25, 0.3) is 0 Å². The van der Waals surface area contributed by atoms with E-state index in [1.54, 1.807) is 48.5 Å². The zero-order chi connectivity index (χ0) is 26.1. The van der Waals surface area contributed by atoms with Crippen LogP contribution >= 0.6 is 11.6 Å². The number of hydrogen-bond donors (Lipinski definition) is 2. The van der Waals surface area contributed by atoms with Gasteiger partial charge in [-0.2, -0.15) is 5.10 Å². The molecule has 11 heteroatoms. The minimum Gasteiger partial charge on any atom is -0.497 e. The average Bonchev–Trinajstić information content (AvgIpc) is 2.89. The number of methoxy groups -OCH3 is 3. The van der Waals surface area contributed by atoms with Gasteiger partial charge in [0, 0.05) is 11.1 Å². The molecule has 3 aromatic rings. The fraction of sp³-hybridized carbons (Fsp3) is 0.120. The lowest BCUT2D eigenvalue weighted by atomic mass is 10.2. The molecule has 0 aromatic heterocycles. The Hall–Kier alpha value is -4.57. The third-order valence-corrected chi connectivity index (χ3v) is 4.93. The van der Waals surface area contributed by atoms with Crippen LogP contribution in [0.4, 0.5) is 5.69 Å². The van der Waals surface area contributed by atoms with E-state index in [1.165, 1.54) is 39.7 Å². The minimum absolute atomic E-state index is 0.177. The molecule has 10 nitrogen and oxygen atoms in total. The lowest BCUT2D eigenvalue weighted by Gasteiger charge is -2.11. The molecule has 3 aromatic carbocycles. The van der Waals surface area contributed by atoms with Gasteiger partial charge in [0.05, 0.1) is 38.8 Å². The fourth-order valence-electron chi connectivity index (χ4n) is 2.92. The molecule has 3 rings (SSSR count). The molecular weight excluding hydrogens is 490 g/mol. The fourth-order valence-corrected chi connectivity index (χ4v) is 3.11. The van der Waals surface area contributed by atoms with Crippen LogP contribution in [0.1, 0.15) is 15.9 Å². The predicted molar refractivity (Wildman–Crippen MR) is 133 cm³/mol. The highest BCUT2D eigenvalue weighted by Crippen LogP contribution is 2.29. The van der Waals surface area contributed by atoms with Crippen molar-refractivity contribution >= 4 is 41.3 Å². The van der Waals surface area contributed by atoms with E-state index in [0.29, 0.717) is 22.1 Å². The minimum atomic E-state index is -0.997. The number of carbonyl (C=O) groups is 3. The molecule has 0 radical (unpaired) electrons. The van der Waals surface area contributed by atoms with Crippen LogP contribution in [-0.4, -0.2) is 45.3 Å². The second-order valence-electron chi connectivity index (χ2n) is 7.03. The van der Waals surface area contributed by atoms with Gasteiger partial charge >= 0.3 is 17.8 Å². The van der Waals surface area contributed by atoms with E-state index in [0.717, 1.165) is 0 Å². The Kier molecular flexibility index (Phi) is 8.84. The number of ether oxygens (including phenoxy) is 4. The second-order valence-corrected chi connectivity index (χ2v) is 7.47. The first-order valence-electron chi connectivity index (χ1n) is 10.4. The van der Waals surface area contributed by atoms with E-state index in [2.05, 4.69) is 15.8 Å². The van der Waals surface area contributed by atoms with Crippen molar-refractivity contribution in [3.63, 3.8) is 0 Å². The molecule has 2 amide bonds. The summed E-state index contributed by atoms with van der Waals surface area (Å²) in [5.41, 5.74) is 3.21. The molecular formula is C25H22ClN3O7. The molecule has 0 aliphatic carbocycles. The molecule has 0 fully saturated rings. The molecule has 0 spiro atoms. The molecule has 0 aliphatic rings. The normalized spacial score (nSPS) is 10.4. The highest BCUT2D eigenvalue weighted by atomic mass is 35.5. The first-order valence-corrected chi connectivity index (χ1v) is 10.7. The first-order chi connectivity index (χ1) is 17.3. The van der Waals surface area contributed by atoms with Crippen molar-refractivity contribution in [3.05, 3.63) is 76.8 Å². The van der Waals surface area contributed by atoms with E-state index in [-0.39, 0.29) is 22.7 Å². The average molecular weight is 512 g/mol. The smallest absolute Gasteiger partial charge is 0.343 e. The van der Waals surface area contributed by atoms with Gasteiger partial charge < -0.3 is 24.3 Å². The van der Waals surface area contributed by atoms with Crippen molar-refractivity contribution in [2.45, 2.75) is 0 Å². The monoisotopic (exact) mass is 511 g/mol. The Balaban J connectivity index is 1.62. The number of halogens is 1. The number of amides is 2. The number of anilines is 1. The molecule has 0 atom stereocenters. The van der Waals surface area contributed by atoms with E-state index in [1.807, 2.05) is 0 Å². The van der Waals surface area contributed by atoms with Gasteiger partial charge in [-0.3, -0.25) is 9.59 Å². The molecule has 0 aliphatic heterocycles. The summed E-state index contributed by atoms with van der Waals surface area (Å²) < 4.78 is 21.0. The van der Waals surface area contributed by atoms with Crippen molar-refractivity contribution in [2.24, 2.45) is 5.10 Å². The molecule has 2 N–H and O–H groups in total. The number of hydrogen-bond acceptors (Lipinski definition) is 8. The number of benzene rings is 3. The molecule has 0 unspecified atom stereocenters. The van der Waals surface area contributed by atoms with Crippen molar-refractivity contribution in [3.8, 4) is 23.0 Å². The van der Waals surface area contributed by atoms with Crippen LogP contribution in [0, 0.1) is 0 Å². The van der Waals surface area contributed by atoms with Crippen LogP contribution in [0.5, 0.6) is 23.0 Å². The Morgan fingerprint density at radius 2 is 1.61 bits per heavy atom. The van der Waals surface area contributed by atoms with Gasteiger partial charge in [-0.05, 0) is 54.1 Å². The zero-order valence-electron chi connectivity index (χ0n) is 19.5. The summed E-state index contributed by atoms with van der Waals surface area (Å²) >= 11 is 5.91. The van der Waals surface area contributed by atoms with E-state index in [9.17, 15) is 14.4 Å². The van der Waals surface area contributed by atoms with Crippen LogP contribution in [-0.2, 0) is 9.59 Å². The highest BCUT2D eigenvalue weighted by Gasteiger charge is 2.16. The van der Waals surface area contributed by atoms with Gasteiger partial charge in [0.15, 0.2) is 11.5 Å². The summed E-state index contributed by atoms with van der Waals surface area (Å²) in [6, 6.07) is 15.7. The van der Waals surface area contributed by atoms with Crippen molar-refractivity contribution < 1.29 is 33.3 Å². The van der Waals surface area contributed by atoms with Crippen molar-refractivity contribution in [1.82, 2.24) is 5.43 Å². The van der Waals surface area contributed by atoms with Gasteiger partial charge in [0.1, 0.15) is 11.5 Å². The number of esters is 1. The van der Waals surface area contributed by atoms with Crippen LogP contribution in [0.2, 0.25) is 5.02 Å². The quantitative estimate of drug-likeness (QED) is 0.155. The number of nitrogens with one attached hydrogen (secondary N) is 2. The summed E-state index contributed by atoms with van der Waals surface area (Å²) in [6.45, 7) is 0. The maximum absolute atomic E-state index is 12.4. The van der Waals surface area contributed by atoms with Crippen LogP contribution in [0.3, 0.4) is 0 Å². The lowest BCUT2D eigenvalue weighted by molar-refractivity contribution is -0.136. The van der Waals surface area contributed by atoms with Gasteiger partial charge in [0.2, 0.25) is 0 Å². The largest absolute Gasteiger partial charge is 0.497 e. The van der Waals surface area contributed by atoms with Crippen LogP contribution in [0.25, 0.3) is 0 Å². The topological polar surface area (TPSA) is 125 Å². The van der Waals surface area contributed by atoms with E-state index in [4.69, 9.17) is 30.5 Å². The Labute approximate surface area is 211 Å². The first kappa shape index (κ1) is 26.0. The summed E-state index contributed by atoms with van der Waals surface area (Å²) in [6.07, 6.45) is 1.30. The summed E-state index contributed by atoms with van der Waals surface area (Å²) in [5.74, 6) is -1.27. The molecule has 0 saturated heterocycles. The summed E-state index contributed by atoms with van der Waals surface area (Å²) in [4.78, 5) is 36.7. The predicted octanol–water partition coefficient (Wildman–Crippen LogP) is 3.67. The molecule has 36 heavy (non-hydrogen) atoms. The number of hydrazone groups is 1. The molecule has 0 bridgehead atoms. The summed E-state index contributed by atoms with van der Waals surface area (Å²) in [5, 5.41) is 6.63. The maximum atomic E-state index is 12.4. The molecule has 0 saturated carbocycles. The van der Waals surface area contributed by atoms with E-state index < -0.39 is 17.8 Å². The molecule has 186 valence electrons. The second kappa shape index (κ2) is 12.2. The van der Waals surface area contributed by atoms with Gasteiger partial charge in [-0.1, -0.05) is 17.7 Å². The maximum Gasteiger partial charge on any atom is 0.343 e. The SMILES string of the molecule is COc1ccc(NC(=O)C(=O)NN=Cc2ccc(OC(=O)c3cccc(Cl)c3)c(OC)c2)c(OC)c1. The van der Waals surface area contributed by atoms with Gasteiger partial charge in [-0.15, -0.1) is 0 Å². The number of nitrogens with zero attached hydrogens (tertiary/aromatic N) is 1. The van der Waals surface area contributed by atoms with Crippen molar-refractivity contribution in [1.29, 1.82) is 0 Å². The Morgan fingerprint density at radius 3 is 2.31 bits per heavy atom. The van der Waals surface area contributed by atoms with Crippen molar-refractivity contribution in [2.75, 3.05) is 26.6 Å². The number of rotatable bonds is 8. The van der Waals surface area contributed by atoms with Gasteiger partial charge in [-0.25, -0.2) is 10.2 Å². The van der Waals surface area contributed by atoms with Crippen LogP contribution < -0.4 is 29.7 Å². The molecule has 0 heterocycles. The Morgan fingerprint density at radius 1 is 0.833 bits per heavy atom. The summed E-state index contributed by atoms with van der Waals surface area (Å²) in [7, 11) is 4.33. The standard InChI is InChI=1S/C25H22ClN3O7/c1-33-18-8-9-19(21(13-18)34-2)28-23(30)24(31)29-27-14-15-7-10-20(22(11-15)35-3)36-25(32)16-5-4-6-17(26)12-16/h4-14H,1-3H3,(H,28,30)(H,29,31). The Bertz CT molecular complexity index is 1310. The zero-order valence-corrected chi connectivity index (χ0v) is 20.3. The van der Waals surface area contributed by atoms with Crippen LogP contribution in [0.15, 0.2) is 65.8 Å².